The molecule has 0 unspecified atom stereocenters. The maximum Gasteiger partial charge on any atom is 0.162 e. The van der Waals surface area contributed by atoms with Crippen LogP contribution >= 0.6 is 0 Å². The Labute approximate surface area is 72.3 Å². The summed E-state index contributed by atoms with van der Waals surface area (Å²) in [5.41, 5.74) is -0.597. The Bertz CT molecular complexity index is 377. The van der Waals surface area contributed by atoms with Crippen molar-refractivity contribution in [3.8, 4) is 0 Å². The molecule has 0 spiro atoms. The first-order valence-electron chi connectivity index (χ1n) is 3.39. The Morgan fingerprint density at radius 1 is 1.31 bits per heavy atom. The highest BCUT2D eigenvalue weighted by molar-refractivity contribution is 5.98. The molecule has 0 N–H and O–H groups in total. The molecular formula is C8H5F2NO2. The molecule has 1 rings (SSSR count). The van der Waals surface area contributed by atoms with E-state index in [2.05, 4.69) is 5.18 Å². The van der Waals surface area contributed by atoms with Gasteiger partial charge in [-0.25, -0.2) is 8.78 Å². The lowest BCUT2D eigenvalue weighted by Crippen LogP contribution is -1.95. The number of hydrogen-bond acceptors (Lipinski definition) is 3. The van der Waals surface area contributed by atoms with Crippen molar-refractivity contribution in [1.82, 2.24) is 0 Å². The first-order valence-corrected chi connectivity index (χ1v) is 3.39. The number of Topliss-reactive ketones (excluding diaryl/α,β-unsaturated/α-hetero) is 1. The summed E-state index contributed by atoms with van der Waals surface area (Å²) in [6, 6.07) is 1.26. The Kier molecular flexibility index (Phi) is 2.46. The van der Waals surface area contributed by atoms with Crippen molar-refractivity contribution in [3.63, 3.8) is 0 Å². The minimum absolute atomic E-state index is 0.214. The van der Waals surface area contributed by atoms with Crippen LogP contribution in [0, 0.1) is 16.5 Å². The molecule has 5 heteroatoms. The Morgan fingerprint density at radius 3 is 2.31 bits per heavy atom. The molecule has 13 heavy (non-hydrogen) atoms. The summed E-state index contributed by atoms with van der Waals surface area (Å²) < 4.78 is 25.1. The van der Waals surface area contributed by atoms with Gasteiger partial charge in [0.2, 0.25) is 0 Å². The highest BCUT2D eigenvalue weighted by Gasteiger charge is 2.13. The molecule has 0 aliphatic heterocycles. The molecule has 68 valence electrons. The third kappa shape index (κ3) is 1.74. The topological polar surface area (TPSA) is 46.5 Å². The van der Waals surface area contributed by atoms with Crippen molar-refractivity contribution >= 4 is 11.5 Å². The average Bonchev–Trinajstić information content (AvgIpc) is 2.08. The summed E-state index contributed by atoms with van der Waals surface area (Å²) >= 11 is 0. The molecule has 1 aromatic carbocycles. The van der Waals surface area contributed by atoms with Gasteiger partial charge in [0.15, 0.2) is 17.4 Å². The van der Waals surface area contributed by atoms with Crippen molar-refractivity contribution in [1.29, 1.82) is 0 Å². The van der Waals surface area contributed by atoms with Gasteiger partial charge in [0, 0.05) is 11.6 Å². The van der Waals surface area contributed by atoms with Crippen molar-refractivity contribution in [3.05, 3.63) is 34.2 Å². The van der Waals surface area contributed by atoms with Gasteiger partial charge >= 0.3 is 0 Å². The van der Waals surface area contributed by atoms with Crippen LogP contribution in [0.1, 0.15) is 17.3 Å². The molecule has 0 saturated carbocycles. The molecule has 0 aromatic heterocycles. The zero-order valence-electron chi connectivity index (χ0n) is 6.67. The van der Waals surface area contributed by atoms with Crippen LogP contribution in [-0.4, -0.2) is 5.78 Å². The molecular weight excluding hydrogens is 180 g/mol. The molecule has 0 amide bonds. The van der Waals surface area contributed by atoms with E-state index in [1.807, 2.05) is 0 Å². The van der Waals surface area contributed by atoms with Gasteiger partial charge in [0.25, 0.3) is 0 Å². The number of nitroso groups, excluding NO2 is 1. The number of carbonyl (C=O) groups is 1. The second kappa shape index (κ2) is 3.38. The van der Waals surface area contributed by atoms with E-state index < -0.39 is 17.4 Å². The Balaban J connectivity index is 3.41. The quantitative estimate of drug-likeness (QED) is 0.525. The number of benzene rings is 1. The van der Waals surface area contributed by atoms with Gasteiger partial charge in [-0.1, -0.05) is 0 Å². The van der Waals surface area contributed by atoms with E-state index in [9.17, 15) is 18.5 Å². The van der Waals surface area contributed by atoms with Crippen LogP contribution in [-0.2, 0) is 0 Å². The average molecular weight is 185 g/mol. The number of ketones is 1. The highest BCUT2D eigenvalue weighted by atomic mass is 19.2. The standard InChI is InChI=1S/C8H5F2NO2/c1-4(12)5-2-6(9)7(10)3-8(5)11-13/h2-3H,1H3. The summed E-state index contributed by atoms with van der Waals surface area (Å²) in [5.74, 6) is -2.90. The summed E-state index contributed by atoms with van der Waals surface area (Å²) in [6.45, 7) is 1.14. The molecule has 0 atom stereocenters. The molecule has 0 heterocycles. The number of halogens is 2. The van der Waals surface area contributed by atoms with Crippen molar-refractivity contribution < 1.29 is 13.6 Å². The molecule has 0 bridgehead atoms. The van der Waals surface area contributed by atoms with Gasteiger partial charge in [0.1, 0.15) is 5.69 Å². The third-order valence-electron chi connectivity index (χ3n) is 1.52. The van der Waals surface area contributed by atoms with Crippen LogP contribution in [0.5, 0.6) is 0 Å². The van der Waals surface area contributed by atoms with E-state index in [4.69, 9.17) is 0 Å². The second-order valence-corrected chi connectivity index (χ2v) is 2.43. The first kappa shape index (κ1) is 9.44. The van der Waals surface area contributed by atoms with Crippen LogP contribution in [0.3, 0.4) is 0 Å². The first-order chi connectivity index (χ1) is 6.06. The Morgan fingerprint density at radius 2 is 1.85 bits per heavy atom. The normalized spacial score (nSPS) is 9.77. The second-order valence-electron chi connectivity index (χ2n) is 2.43. The fourth-order valence-electron chi connectivity index (χ4n) is 0.894. The van der Waals surface area contributed by atoms with E-state index >= 15 is 0 Å². The van der Waals surface area contributed by atoms with Gasteiger partial charge in [-0.05, 0) is 18.2 Å². The maximum atomic E-state index is 12.6. The minimum atomic E-state index is -1.19. The molecule has 0 fully saturated rings. The van der Waals surface area contributed by atoms with Crippen molar-refractivity contribution in [2.75, 3.05) is 0 Å². The van der Waals surface area contributed by atoms with Gasteiger partial charge in [0.05, 0.1) is 0 Å². The van der Waals surface area contributed by atoms with Gasteiger partial charge in [-0.2, -0.15) is 0 Å². The Hall–Kier alpha value is -1.65. The van der Waals surface area contributed by atoms with E-state index in [-0.39, 0.29) is 11.3 Å². The summed E-state index contributed by atoms with van der Waals surface area (Å²) in [6.07, 6.45) is 0. The van der Waals surface area contributed by atoms with E-state index in [1.54, 1.807) is 0 Å². The van der Waals surface area contributed by atoms with E-state index in [0.717, 1.165) is 6.92 Å². The lowest BCUT2D eigenvalue weighted by molar-refractivity contribution is 0.101. The zero-order chi connectivity index (χ0) is 10.0. The smallest absolute Gasteiger partial charge is 0.162 e. The monoisotopic (exact) mass is 185 g/mol. The predicted molar refractivity (Wildman–Crippen MR) is 41.8 cm³/mol. The van der Waals surface area contributed by atoms with Crippen molar-refractivity contribution in [2.45, 2.75) is 6.92 Å². The lowest BCUT2D eigenvalue weighted by atomic mass is 10.1. The molecule has 0 saturated heterocycles. The number of carbonyl (C=O) groups excluding carboxylic acids is 1. The molecule has 1 aromatic rings. The minimum Gasteiger partial charge on any atom is -0.294 e. The number of rotatable bonds is 2. The van der Waals surface area contributed by atoms with E-state index in [1.165, 1.54) is 0 Å². The lowest BCUT2D eigenvalue weighted by Gasteiger charge is -1.99. The zero-order valence-corrected chi connectivity index (χ0v) is 6.67. The summed E-state index contributed by atoms with van der Waals surface area (Å²) in [5, 5.41) is 2.42. The van der Waals surface area contributed by atoms with Crippen LogP contribution in [0.4, 0.5) is 14.5 Å². The largest absolute Gasteiger partial charge is 0.294 e. The van der Waals surface area contributed by atoms with Crippen molar-refractivity contribution in [2.24, 2.45) is 5.18 Å². The number of hydrogen-bond donors (Lipinski definition) is 0. The fraction of sp³-hybridized carbons (Fsp3) is 0.125. The third-order valence-corrected chi connectivity index (χ3v) is 1.52. The molecule has 3 nitrogen and oxygen atoms in total. The van der Waals surface area contributed by atoms with Crippen LogP contribution in [0.25, 0.3) is 0 Å². The van der Waals surface area contributed by atoms with Gasteiger partial charge in [-0.3, -0.25) is 4.79 Å². The van der Waals surface area contributed by atoms with Gasteiger partial charge < -0.3 is 0 Å². The summed E-state index contributed by atoms with van der Waals surface area (Å²) in [4.78, 5) is 20.9. The SMILES string of the molecule is CC(=O)c1cc(F)c(F)cc1N=O. The predicted octanol–water partition coefficient (Wildman–Crippen LogP) is 2.57. The molecule has 0 aliphatic rings. The van der Waals surface area contributed by atoms with Crippen LogP contribution < -0.4 is 0 Å². The fourth-order valence-corrected chi connectivity index (χ4v) is 0.894. The van der Waals surface area contributed by atoms with Gasteiger partial charge in [-0.15, -0.1) is 4.91 Å². The van der Waals surface area contributed by atoms with E-state index in [0.29, 0.717) is 12.1 Å². The van der Waals surface area contributed by atoms with Crippen LogP contribution in [0.15, 0.2) is 17.3 Å². The summed E-state index contributed by atoms with van der Waals surface area (Å²) in [7, 11) is 0. The molecule has 0 aliphatic carbocycles. The molecule has 0 radical (unpaired) electrons. The van der Waals surface area contributed by atoms with Crippen LogP contribution in [0.2, 0.25) is 0 Å². The highest BCUT2D eigenvalue weighted by Crippen LogP contribution is 2.22. The number of nitrogens with zero attached hydrogens (tertiary/aromatic N) is 1. The maximum absolute atomic E-state index is 12.6.